The third-order valence-corrected chi connectivity index (χ3v) is 3.22. The lowest BCUT2D eigenvalue weighted by Crippen LogP contribution is -2.24. The summed E-state index contributed by atoms with van der Waals surface area (Å²) in [6.07, 6.45) is 1.35. The molecule has 1 aliphatic heterocycles. The summed E-state index contributed by atoms with van der Waals surface area (Å²) in [6, 6.07) is 4.09. The van der Waals surface area contributed by atoms with E-state index >= 15 is 0 Å². The van der Waals surface area contributed by atoms with Gasteiger partial charge < -0.3 is 10.4 Å². The molecule has 0 spiro atoms. The number of anilines is 1. The predicted molar refractivity (Wildman–Crippen MR) is 70.8 cm³/mol. The molecular formula is C14H11F2N3O2. The highest BCUT2D eigenvalue weighted by Crippen LogP contribution is 2.31. The van der Waals surface area contributed by atoms with Crippen LogP contribution < -0.4 is 5.32 Å². The van der Waals surface area contributed by atoms with Crippen LogP contribution in [-0.2, 0) is 4.79 Å². The van der Waals surface area contributed by atoms with Gasteiger partial charge in [-0.3, -0.25) is 0 Å². The van der Waals surface area contributed by atoms with Crippen LogP contribution in [0.3, 0.4) is 0 Å². The molecule has 2 N–H and O–H groups in total. The summed E-state index contributed by atoms with van der Waals surface area (Å²) in [5.41, 5.74) is 0.738. The lowest BCUT2D eigenvalue weighted by atomic mass is 10.0. The molecule has 1 aromatic heterocycles. The molecule has 1 unspecified atom stereocenters. The maximum Gasteiger partial charge on any atom is 0.352 e. The van der Waals surface area contributed by atoms with Crippen LogP contribution >= 0.6 is 0 Å². The molecule has 2 aromatic rings. The third-order valence-electron chi connectivity index (χ3n) is 3.22. The summed E-state index contributed by atoms with van der Waals surface area (Å²) in [6.45, 7) is 1.74. The number of hydrogen-bond acceptors (Lipinski definition) is 3. The summed E-state index contributed by atoms with van der Waals surface area (Å²) < 4.78 is 28.5. The Morgan fingerprint density at radius 2 is 2.14 bits per heavy atom. The smallest absolute Gasteiger partial charge is 0.352 e. The molecule has 1 atom stereocenters. The fourth-order valence-corrected chi connectivity index (χ4v) is 2.32. The van der Waals surface area contributed by atoms with Crippen LogP contribution in [-0.4, -0.2) is 20.9 Å². The highest BCUT2D eigenvalue weighted by Gasteiger charge is 2.27. The van der Waals surface area contributed by atoms with E-state index in [1.54, 1.807) is 13.0 Å². The molecule has 3 rings (SSSR count). The van der Waals surface area contributed by atoms with Gasteiger partial charge in [-0.25, -0.2) is 18.3 Å². The highest BCUT2D eigenvalue weighted by atomic mass is 19.1. The van der Waals surface area contributed by atoms with Gasteiger partial charge in [0.05, 0.1) is 5.69 Å². The molecule has 0 fully saturated rings. The molecule has 0 bridgehead atoms. The second-order valence-corrected chi connectivity index (χ2v) is 4.74. The van der Waals surface area contributed by atoms with Crippen molar-refractivity contribution < 1.29 is 18.7 Å². The lowest BCUT2D eigenvalue weighted by molar-refractivity contribution is -0.132. The van der Waals surface area contributed by atoms with Crippen LogP contribution in [0, 0.1) is 18.6 Å². The maximum absolute atomic E-state index is 14.0. The summed E-state index contributed by atoms with van der Waals surface area (Å²) in [5.74, 6) is -2.15. The minimum atomic E-state index is -1.16. The van der Waals surface area contributed by atoms with Gasteiger partial charge in [0.2, 0.25) is 0 Å². The van der Waals surface area contributed by atoms with Crippen LogP contribution in [0.4, 0.5) is 14.6 Å². The maximum atomic E-state index is 14.0. The van der Waals surface area contributed by atoms with Gasteiger partial charge in [-0.2, -0.15) is 5.10 Å². The molecule has 0 saturated heterocycles. The van der Waals surface area contributed by atoms with Crippen LogP contribution in [0.25, 0.3) is 0 Å². The lowest BCUT2D eigenvalue weighted by Gasteiger charge is -2.24. The normalized spacial score (nSPS) is 16.9. The fraction of sp³-hybridized carbons (Fsp3) is 0.143. The quantitative estimate of drug-likeness (QED) is 0.892. The van der Waals surface area contributed by atoms with Crippen molar-refractivity contribution >= 4 is 11.8 Å². The minimum absolute atomic E-state index is 0.0730. The van der Waals surface area contributed by atoms with Crippen molar-refractivity contribution in [2.24, 2.45) is 0 Å². The van der Waals surface area contributed by atoms with Crippen molar-refractivity contribution in [3.63, 3.8) is 0 Å². The number of rotatable bonds is 2. The number of nitrogens with one attached hydrogen (secondary N) is 1. The van der Waals surface area contributed by atoms with Crippen molar-refractivity contribution in [1.82, 2.24) is 9.78 Å². The molecule has 0 amide bonds. The second-order valence-electron chi connectivity index (χ2n) is 4.74. The van der Waals surface area contributed by atoms with E-state index in [1.807, 2.05) is 0 Å². The number of aromatic nitrogens is 2. The Labute approximate surface area is 118 Å². The third kappa shape index (κ3) is 2.26. The van der Waals surface area contributed by atoms with E-state index in [4.69, 9.17) is 5.11 Å². The Bertz CT molecular complexity index is 768. The zero-order chi connectivity index (χ0) is 15.1. The zero-order valence-corrected chi connectivity index (χ0v) is 11.0. The first-order chi connectivity index (χ1) is 9.95. The summed E-state index contributed by atoms with van der Waals surface area (Å²) in [5, 5.41) is 16.1. The van der Waals surface area contributed by atoms with E-state index < -0.39 is 23.6 Å². The largest absolute Gasteiger partial charge is 0.477 e. The van der Waals surface area contributed by atoms with Gasteiger partial charge in [0.1, 0.15) is 29.2 Å². The average Bonchev–Trinajstić information content (AvgIpc) is 2.78. The van der Waals surface area contributed by atoms with Gasteiger partial charge in [0.15, 0.2) is 0 Å². The van der Waals surface area contributed by atoms with Gasteiger partial charge >= 0.3 is 5.97 Å². The Balaban J connectivity index is 2.16. The molecule has 7 heteroatoms. The number of fused-ring (bicyclic) bond motifs is 1. The number of aliphatic carboxylic acids is 1. The first-order valence-electron chi connectivity index (χ1n) is 6.19. The number of benzene rings is 1. The Morgan fingerprint density at radius 1 is 1.38 bits per heavy atom. The van der Waals surface area contributed by atoms with E-state index in [0.29, 0.717) is 11.5 Å². The minimum Gasteiger partial charge on any atom is -0.477 e. The standard InChI is InChI=1S/C14H11F2N3O2/c1-7-4-13-17-11(14(20)21)6-12(19(13)18-7)9-3-2-8(15)5-10(9)16/h2-6,12,17H,1H3,(H,20,21). The van der Waals surface area contributed by atoms with E-state index in [-0.39, 0.29) is 11.3 Å². The van der Waals surface area contributed by atoms with Crippen LogP contribution in [0.1, 0.15) is 17.3 Å². The number of aryl methyl sites for hydroxylation is 1. The number of nitrogens with zero attached hydrogens (tertiary/aromatic N) is 2. The molecule has 0 radical (unpaired) electrons. The van der Waals surface area contributed by atoms with E-state index in [1.165, 1.54) is 16.8 Å². The molecule has 2 heterocycles. The molecule has 108 valence electrons. The molecule has 1 aliphatic rings. The topological polar surface area (TPSA) is 67.2 Å². The Hall–Kier alpha value is -2.70. The number of allylic oxidation sites excluding steroid dienone is 1. The number of carbonyl (C=O) groups is 1. The van der Waals surface area contributed by atoms with Crippen LogP contribution in [0.5, 0.6) is 0 Å². The summed E-state index contributed by atoms with van der Waals surface area (Å²) in [7, 11) is 0. The zero-order valence-electron chi connectivity index (χ0n) is 11.0. The van der Waals surface area contributed by atoms with Crippen molar-refractivity contribution in [3.8, 4) is 0 Å². The van der Waals surface area contributed by atoms with Gasteiger partial charge in [0.25, 0.3) is 0 Å². The van der Waals surface area contributed by atoms with Crippen molar-refractivity contribution in [2.45, 2.75) is 13.0 Å². The SMILES string of the molecule is Cc1cc2n(n1)C(c1ccc(F)cc1F)C=C(C(=O)O)N2. The number of carboxylic acids is 1. The highest BCUT2D eigenvalue weighted by molar-refractivity contribution is 5.90. The van der Waals surface area contributed by atoms with E-state index in [2.05, 4.69) is 10.4 Å². The van der Waals surface area contributed by atoms with E-state index in [9.17, 15) is 13.6 Å². The van der Waals surface area contributed by atoms with Gasteiger partial charge in [-0.15, -0.1) is 0 Å². The number of hydrogen-bond donors (Lipinski definition) is 2. The van der Waals surface area contributed by atoms with Gasteiger partial charge in [0, 0.05) is 17.7 Å². The van der Waals surface area contributed by atoms with Crippen molar-refractivity contribution in [3.05, 3.63) is 58.9 Å². The molecule has 1 aromatic carbocycles. The Kier molecular flexibility index (Phi) is 2.97. The molecule has 21 heavy (non-hydrogen) atoms. The Morgan fingerprint density at radius 3 is 2.81 bits per heavy atom. The molecule has 0 saturated carbocycles. The van der Waals surface area contributed by atoms with Gasteiger partial charge in [-0.05, 0) is 19.1 Å². The first-order valence-corrected chi connectivity index (χ1v) is 6.19. The summed E-state index contributed by atoms with van der Waals surface area (Å²) >= 11 is 0. The van der Waals surface area contributed by atoms with Crippen LogP contribution in [0.15, 0.2) is 36.0 Å². The molecule has 5 nitrogen and oxygen atoms in total. The monoisotopic (exact) mass is 291 g/mol. The fourth-order valence-electron chi connectivity index (χ4n) is 2.32. The van der Waals surface area contributed by atoms with E-state index in [0.717, 1.165) is 12.1 Å². The van der Waals surface area contributed by atoms with Crippen molar-refractivity contribution in [1.29, 1.82) is 0 Å². The second kappa shape index (κ2) is 4.69. The first kappa shape index (κ1) is 13.3. The van der Waals surface area contributed by atoms with Crippen LogP contribution in [0.2, 0.25) is 0 Å². The summed E-state index contributed by atoms with van der Waals surface area (Å²) in [4.78, 5) is 11.2. The predicted octanol–water partition coefficient (Wildman–Crippen LogP) is 2.45. The van der Waals surface area contributed by atoms with Crippen molar-refractivity contribution in [2.75, 3.05) is 5.32 Å². The molecule has 0 aliphatic carbocycles. The van der Waals surface area contributed by atoms with Gasteiger partial charge in [-0.1, -0.05) is 6.07 Å². The number of carboxylic acid groups (broad SMARTS) is 1. The average molecular weight is 291 g/mol. The number of halogens is 2. The molecular weight excluding hydrogens is 280 g/mol.